The van der Waals surface area contributed by atoms with E-state index in [1.807, 2.05) is 6.26 Å². The summed E-state index contributed by atoms with van der Waals surface area (Å²) >= 11 is 7.57. The van der Waals surface area contributed by atoms with E-state index >= 15 is 0 Å². The smallest absolute Gasteiger partial charge is 0.227 e. The summed E-state index contributed by atoms with van der Waals surface area (Å²) in [5, 5.41) is 33.7. The van der Waals surface area contributed by atoms with Crippen molar-refractivity contribution in [3.63, 3.8) is 0 Å². The van der Waals surface area contributed by atoms with Gasteiger partial charge in [0.2, 0.25) is 11.2 Å². The number of amides is 1. The molecule has 27 heavy (non-hydrogen) atoms. The molecular formula is C16H19ClN4O5S. The van der Waals surface area contributed by atoms with E-state index in [1.165, 1.54) is 18.7 Å². The zero-order chi connectivity index (χ0) is 19.5. The molecule has 2 aromatic rings. The Morgan fingerprint density at radius 3 is 2.89 bits per heavy atom. The lowest BCUT2D eigenvalue weighted by Gasteiger charge is -2.27. The van der Waals surface area contributed by atoms with E-state index in [9.17, 15) is 20.1 Å². The van der Waals surface area contributed by atoms with Gasteiger partial charge in [-0.3, -0.25) is 4.79 Å². The molecule has 9 nitrogen and oxygen atoms in total. The number of ether oxygens (including phenoxy) is 1. The zero-order valence-corrected chi connectivity index (χ0v) is 16.2. The fourth-order valence-corrected chi connectivity index (χ4v) is 4.64. The molecule has 146 valence electrons. The first-order chi connectivity index (χ1) is 12.8. The van der Waals surface area contributed by atoms with Crippen LogP contribution in [-0.4, -0.2) is 66.4 Å². The van der Waals surface area contributed by atoms with Gasteiger partial charge in [-0.1, -0.05) is 0 Å². The second-order valence-electron chi connectivity index (χ2n) is 6.89. The summed E-state index contributed by atoms with van der Waals surface area (Å²) in [6, 6.07) is 0. The molecule has 1 unspecified atom stereocenters. The number of carbonyl (C=O) groups excluding carboxylic acids is 1. The standard InChI is InChI=1S/C16H19ClN4O5S/c1-16(25)11(24)7(5-22)26-14(16)21-4-6-8(27-2)3-9(23)18-12-10(6)13(21)20-15(17)19-12/h4,7-8,11,14,22,24-25H,3,5H2,1-2H3,(H,18,19,20,23)/t7-,8?,11-,14-,16-/m1/s1. The van der Waals surface area contributed by atoms with Crippen LogP contribution in [0.15, 0.2) is 6.20 Å². The van der Waals surface area contributed by atoms with E-state index in [2.05, 4.69) is 15.3 Å². The van der Waals surface area contributed by atoms with Crippen LogP contribution in [0.4, 0.5) is 5.82 Å². The number of anilines is 1. The number of nitrogens with zero attached hydrogens (tertiary/aromatic N) is 3. The Morgan fingerprint density at radius 1 is 1.52 bits per heavy atom. The lowest BCUT2D eigenvalue weighted by molar-refractivity contribution is -0.116. The molecule has 0 aromatic carbocycles. The maximum atomic E-state index is 12.2. The van der Waals surface area contributed by atoms with Crippen molar-refractivity contribution in [2.75, 3.05) is 18.2 Å². The number of aliphatic hydroxyl groups is 3. The van der Waals surface area contributed by atoms with Gasteiger partial charge < -0.3 is 29.9 Å². The molecule has 1 amide bonds. The van der Waals surface area contributed by atoms with Gasteiger partial charge in [0.05, 0.1) is 12.0 Å². The monoisotopic (exact) mass is 414 g/mol. The van der Waals surface area contributed by atoms with E-state index < -0.39 is 30.6 Å². The van der Waals surface area contributed by atoms with Crippen molar-refractivity contribution in [2.45, 2.75) is 42.6 Å². The molecule has 0 radical (unpaired) electrons. The number of rotatable bonds is 3. The van der Waals surface area contributed by atoms with Crippen molar-refractivity contribution < 1.29 is 24.9 Å². The Balaban J connectivity index is 1.95. The van der Waals surface area contributed by atoms with Crippen molar-refractivity contribution in [1.82, 2.24) is 14.5 Å². The first kappa shape index (κ1) is 18.9. The van der Waals surface area contributed by atoms with Gasteiger partial charge in [0.1, 0.15) is 29.3 Å². The topological polar surface area (TPSA) is 130 Å². The molecule has 2 aromatic heterocycles. The summed E-state index contributed by atoms with van der Waals surface area (Å²) in [6.45, 7) is 0.997. The average Bonchev–Trinajstić information content (AvgIpc) is 3.03. The van der Waals surface area contributed by atoms with Crippen LogP contribution < -0.4 is 5.32 Å². The Labute approximate surface area is 163 Å². The van der Waals surface area contributed by atoms with E-state index in [0.717, 1.165) is 5.56 Å². The van der Waals surface area contributed by atoms with Crippen LogP contribution in [0.2, 0.25) is 5.28 Å². The third-order valence-corrected chi connectivity index (χ3v) is 6.28. The van der Waals surface area contributed by atoms with Crippen molar-refractivity contribution in [1.29, 1.82) is 0 Å². The summed E-state index contributed by atoms with van der Waals surface area (Å²) in [6.07, 6.45) is 0.666. The van der Waals surface area contributed by atoms with Crippen LogP contribution in [0.1, 0.15) is 30.4 Å². The Morgan fingerprint density at radius 2 is 2.26 bits per heavy atom. The minimum atomic E-state index is -1.67. The molecular weight excluding hydrogens is 396 g/mol. The molecule has 4 N–H and O–H groups in total. The summed E-state index contributed by atoms with van der Waals surface area (Å²) in [5.74, 6) is 0.130. The highest BCUT2D eigenvalue weighted by molar-refractivity contribution is 7.98. The highest BCUT2D eigenvalue weighted by Gasteiger charge is 2.53. The molecule has 0 saturated carbocycles. The van der Waals surface area contributed by atoms with E-state index in [-0.39, 0.29) is 22.9 Å². The number of aromatic nitrogens is 3. The molecule has 11 heteroatoms. The van der Waals surface area contributed by atoms with Crippen molar-refractivity contribution in [2.24, 2.45) is 0 Å². The van der Waals surface area contributed by atoms with E-state index in [4.69, 9.17) is 16.3 Å². The van der Waals surface area contributed by atoms with Gasteiger partial charge in [-0.2, -0.15) is 21.7 Å². The van der Waals surface area contributed by atoms with Crippen molar-refractivity contribution in [3.8, 4) is 0 Å². The number of hydrogen-bond acceptors (Lipinski definition) is 8. The number of aliphatic hydroxyl groups excluding tert-OH is 2. The highest BCUT2D eigenvalue weighted by Crippen LogP contribution is 2.45. The van der Waals surface area contributed by atoms with E-state index in [1.54, 1.807) is 10.8 Å². The molecule has 0 aliphatic carbocycles. The number of thioether (sulfide) groups is 1. The largest absolute Gasteiger partial charge is 0.394 e. The second kappa shape index (κ2) is 6.57. The Bertz CT molecular complexity index is 920. The Kier molecular flexibility index (Phi) is 4.60. The summed E-state index contributed by atoms with van der Waals surface area (Å²) in [7, 11) is 0. The van der Waals surface area contributed by atoms with Gasteiger partial charge in [-0.05, 0) is 30.3 Å². The molecule has 4 rings (SSSR count). The molecule has 4 heterocycles. The van der Waals surface area contributed by atoms with Gasteiger partial charge in [0.15, 0.2) is 6.23 Å². The van der Waals surface area contributed by atoms with Crippen LogP contribution in [-0.2, 0) is 9.53 Å². The molecule has 0 spiro atoms. The maximum absolute atomic E-state index is 12.2. The van der Waals surface area contributed by atoms with Gasteiger partial charge in [-0.15, -0.1) is 0 Å². The van der Waals surface area contributed by atoms with Crippen molar-refractivity contribution in [3.05, 3.63) is 17.0 Å². The van der Waals surface area contributed by atoms with Crippen molar-refractivity contribution >= 4 is 46.1 Å². The number of halogens is 1. The van der Waals surface area contributed by atoms with Crippen LogP contribution in [0, 0.1) is 0 Å². The lowest BCUT2D eigenvalue weighted by Crippen LogP contribution is -2.44. The zero-order valence-electron chi connectivity index (χ0n) is 14.6. The quantitative estimate of drug-likeness (QED) is 0.543. The van der Waals surface area contributed by atoms with Crippen LogP contribution >= 0.6 is 23.4 Å². The van der Waals surface area contributed by atoms with Crippen LogP contribution in [0.3, 0.4) is 0 Å². The molecule has 0 bridgehead atoms. The first-order valence-electron chi connectivity index (χ1n) is 8.35. The summed E-state index contributed by atoms with van der Waals surface area (Å²) < 4.78 is 7.31. The molecule has 5 atom stereocenters. The average molecular weight is 415 g/mol. The normalized spacial score (nSPS) is 33.3. The molecule has 1 saturated heterocycles. The number of nitrogens with one attached hydrogen (secondary N) is 1. The predicted octanol–water partition coefficient (Wildman–Crippen LogP) is 0.833. The van der Waals surface area contributed by atoms with E-state index in [0.29, 0.717) is 16.9 Å². The first-order valence-corrected chi connectivity index (χ1v) is 10.0. The second-order valence-corrected chi connectivity index (χ2v) is 8.27. The fraction of sp³-hybridized carbons (Fsp3) is 0.562. The van der Waals surface area contributed by atoms with Gasteiger partial charge in [-0.25, -0.2) is 0 Å². The Hall–Kier alpha value is -1.43. The SMILES string of the molecule is CSC1CC(=O)Nc2nc(Cl)nc3c2c1cn3[C@@H]1O[C@H](CO)[C@@H](O)[C@@]1(C)O. The lowest BCUT2D eigenvalue weighted by atomic mass is 9.96. The molecule has 2 aliphatic heterocycles. The van der Waals surface area contributed by atoms with Gasteiger partial charge in [0.25, 0.3) is 0 Å². The minimum absolute atomic E-state index is 0.0665. The highest BCUT2D eigenvalue weighted by atomic mass is 35.5. The molecule has 2 aliphatic rings. The summed E-state index contributed by atoms with van der Waals surface area (Å²) in [5.41, 5.74) is -0.489. The fourth-order valence-electron chi connectivity index (χ4n) is 3.73. The van der Waals surface area contributed by atoms with Gasteiger partial charge >= 0.3 is 0 Å². The molecule has 1 fully saturated rings. The third kappa shape index (κ3) is 2.82. The predicted molar refractivity (Wildman–Crippen MR) is 99.7 cm³/mol. The van der Waals surface area contributed by atoms with Gasteiger partial charge in [0, 0.05) is 17.9 Å². The minimum Gasteiger partial charge on any atom is -0.394 e. The summed E-state index contributed by atoms with van der Waals surface area (Å²) in [4.78, 5) is 20.6. The third-order valence-electron chi connectivity index (χ3n) is 5.12. The number of carbonyl (C=O) groups is 1. The maximum Gasteiger partial charge on any atom is 0.227 e. The van der Waals surface area contributed by atoms with Crippen LogP contribution in [0.5, 0.6) is 0 Å². The number of hydrogen-bond donors (Lipinski definition) is 4. The van der Waals surface area contributed by atoms with Crippen LogP contribution in [0.25, 0.3) is 11.0 Å².